The van der Waals surface area contributed by atoms with Crippen LogP contribution in [0.4, 0.5) is 10.5 Å². The number of pyridine rings is 1. The molecule has 4 rings (SSSR count). The first-order chi connectivity index (χ1) is 14.4. The Balaban J connectivity index is 1.34. The number of nitrogens with one attached hydrogen (secondary N) is 2. The van der Waals surface area contributed by atoms with Gasteiger partial charge in [0.05, 0.1) is 11.9 Å². The van der Waals surface area contributed by atoms with Crippen molar-refractivity contribution in [2.45, 2.75) is 37.6 Å². The van der Waals surface area contributed by atoms with E-state index >= 15 is 0 Å². The highest BCUT2D eigenvalue weighted by molar-refractivity contribution is 6.30. The lowest BCUT2D eigenvalue weighted by Crippen LogP contribution is -2.48. The molecule has 9 heteroatoms. The Hall–Kier alpha value is -3.13. The second-order valence-corrected chi connectivity index (χ2v) is 7.89. The van der Waals surface area contributed by atoms with E-state index < -0.39 is 17.5 Å². The zero-order valence-corrected chi connectivity index (χ0v) is 16.9. The summed E-state index contributed by atoms with van der Waals surface area (Å²) in [5, 5.41) is 6.05. The van der Waals surface area contributed by atoms with Crippen molar-refractivity contribution in [2.75, 3.05) is 11.9 Å². The van der Waals surface area contributed by atoms with Crippen LogP contribution in [0.15, 0.2) is 42.6 Å². The van der Waals surface area contributed by atoms with Gasteiger partial charge >= 0.3 is 6.03 Å². The molecule has 2 N–H and O–H groups in total. The predicted molar refractivity (Wildman–Crippen MR) is 110 cm³/mol. The quantitative estimate of drug-likeness (QED) is 0.707. The van der Waals surface area contributed by atoms with Gasteiger partial charge in [0.15, 0.2) is 0 Å². The molecular weight excluding hydrogens is 408 g/mol. The summed E-state index contributed by atoms with van der Waals surface area (Å²) in [4.78, 5) is 42.5. The van der Waals surface area contributed by atoms with Gasteiger partial charge < -0.3 is 15.4 Å². The first kappa shape index (κ1) is 20.2. The maximum absolute atomic E-state index is 12.7. The molecule has 1 aromatic heterocycles. The molecule has 8 nitrogen and oxygen atoms in total. The van der Waals surface area contributed by atoms with Crippen molar-refractivity contribution in [3.63, 3.8) is 0 Å². The molecule has 1 spiro atoms. The molecule has 1 saturated carbocycles. The largest absolute Gasteiger partial charge is 0.439 e. The predicted octanol–water partition coefficient (Wildman–Crippen LogP) is 3.72. The second kappa shape index (κ2) is 8.31. The van der Waals surface area contributed by atoms with Crippen LogP contribution < -0.4 is 15.4 Å². The van der Waals surface area contributed by atoms with Crippen LogP contribution in [-0.2, 0) is 9.59 Å². The van der Waals surface area contributed by atoms with Gasteiger partial charge in [0, 0.05) is 11.1 Å². The molecule has 1 aliphatic heterocycles. The Labute approximate surface area is 178 Å². The van der Waals surface area contributed by atoms with Crippen LogP contribution in [0.3, 0.4) is 0 Å². The van der Waals surface area contributed by atoms with E-state index in [0.717, 1.165) is 24.2 Å². The number of carbonyl (C=O) groups is 3. The number of carbonyl (C=O) groups excluding carboxylic acids is 3. The SMILES string of the molecule is O=C(CN1C(=O)NC2(CCCCC2)C1=O)Nc1ccc(Oc2ccc(Cl)cc2)nc1. The van der Waals surface area contributed by atoms with Crippen LogP contribution in [0.5, 0.6) is 11.6 Å². The minimum atomic E-state index is -0.835. The van der Waals surface area contributed by atoms with Crippen LogP contribution in [-0.4, -0.2) is 39.8 Å². The number of urea groups is 1. The van der Waals surface area contributed by atoms with Gasteiger partial charge in [0.2, 0.25) is 11.8 Å². The van der Waals surface area contributed by atoms with Crippen LogP contribution in [0.2, 0.25) is 5.02 Å². The molecule has 4 amide bonds. The van der Waals surface area contributed by atoms with Gasteiger partial charge in [-0.2, -0.15) is 0 Å². The minimum Gasteiger partial charge on any atom is -0.439 e. The number of rotatable bonds is 5. The van der Waals surface area contributed by atoms with Crippen molar-refractivity contribution >= 4 is 35.1 Å². The molecule has 2 aromatic rings. The molecular formula is C21H21ClN4O4. The third-order valence-corrected chi connectivity index (χ3v) is 5.56. The van der Waals surface area contributed by atoms with E-state index in [2.05, 4.69) is 15.6 Å². The normalized spacial score (nSPS) is 17.7. The number of aromatic nitrogens is 1. The molecule has 156 valence electrons. The van der Waals surface area contributed by atoms with Gasteiger partial charge in [-0.25, -0.2) is 9.78 Å². The highest BCUT2D eigenvalue weighted by Gasteiger charge is 2.51. The van der Waals surface area contributed by atoms with E-state index in [-0.39, 0.29) is 12.5 Å². The fourth-order valence-electron chi connectivity index (χ4n) is 3.80. The molecule has 1 aliphatic carbocycles. The highest BCUT2D eigenvalue weighted by Crippen LogP contribution is 2.33. The van der Waals surface area contributed by atoms with E-state index in [9.17, 15) is 14.4 Å². The first-order valence-corrected chi connectivity index (χ1v) is 10.2. The number of hydrogen-bond acceptors (Lipinski definition) is 5. The Morgan fingerprint density at radius 3 is 2.53 bits per heavy atom. The molecule has 30 heavy (non-hydrogen) atoms. The zero-order valence-electron chi connectivity index (χ0n) is 16.2. The third-order valence-electron chi connectivity index (χ3n) is 5.31. The molecule has 0 unspecified atom stereocenters. The van der Waals surface area contributed by atoms with E-state index in [4.69, 9.17) is 16.3 Å². The van der Waals surface area contributed by atoms with Crippen molar-refractivity contribution in [3.05, 3.63) is 47.6 Å². The lowest BCUT2D eigenvalue weighted by atomic mass is 9.82. The molecule has 2 aliphatic rings. The monoisotopic (exact) mass is 428 g/mol. The van der Waals surface area contributed by atoms with E-state index in [0.29, 0.717) is 35.2 Å². The van der Waals surface area contributed by atoms with Crippen molar-refractivity contribution in [1.29, 1.82) is 0 Å². The highest BCUT2D eigenvalue weighted by atomic mass is 35.5. The van der Waals surface area contributed by atoms with Crippen molar-refractivity contribution in [2.24, 2.45) is 0 Å². The number of benzene rings is 1. The van der Waals surface area contributed by atoms with Crippen LogP contribution >= 0.6 is 11.6 Å². The fraction of sp³-hybridized carbons (Fsp3) is 0.333. The first-order valence-electron chi connectivity index (χ1n) is 9.79. The summed E-state index contributed by atoms with van der Waals surface area (Å²) in [6.45, 7) is -0.338. The van der Waals surface area contributed by atoms with Gasteiger partial charge in [-0.3, -0.25) is 14.5 Å². The van der Waals surface area contributed by atoms with Gasteiger partial charge in [-0.1, -0.05) is 30.9 Å². The smallest absolute Gasteiger partial charge is 0.325 e. The molecule has 0 bridgehead atoms. The average molecular weight is 429 g/mol. The van der Waals surface area contributed by atoms with Crippen molar-refractivity contribution < 1.29 is 19.1 Å². The van der Waals surface area contributed by atoms with Gasteiger partial charge in [0.1, 0.15) is 17.8 Å². The Morgan fingerprint density at radius 2 is 1.87 bits per heavy atom. The average Bonchev–Trinajstić information content (AvgIpc) is 2.95. The summed E-state index contributed by atoms with van der Waals surface area (Å²) in [7, 11) is 0. The summed E-state index contributed by atoms with van der Waals surface area (Å²) in [6.07, 6.45) is 5.52. The number of nitrogens with zero attached hydrogens (tertiary/aromatic N) is 2. The van der Waals surface area contributed by atoms with E-state index in [1.807, 2.05) is 0 Å². The summed E-state index contributed by atoms with van der Waals surface area (Å²) < 4.78 is 5.60. The summed E-state index contributed by atoms with van der Waals surface area (Å²) >= 11 is 5.84. The number of ether oxygens (including phenoxy) is 1. The lowest BCUT2D eigenvalue weighted by Gasteiger charge is -2.30. The Kier molecular flexibility index (Phi) is 5.59. The zero-order chi connectivity index (χ0) is 21.1. The van der Waals surface area contributed by atoms with Crippen LogP contribution in [0, 0.1) is 0 Å². The molecule has 2 heterocycles. The lowest BCUT2D eigenvalue weighted by molar-refractivity contribution is -0.134. The van der Waals surface area contributed by atoms with Gasteiger partial charge in [0.25, 0.3) is 5.91 Å². The summed E-state index contributed by atoms with van der Waals surface area (Å²) in [5.41, 5.74) is -0.402. The van der Waals surface area contributed by atoms with Crippen molar-refractivity contribution in [1.82, 2.24) is 15.2 Å². The van der Waals surface area contributed by atoms with Gasteiger partial charge in [-0.15, -0.1) is 0 Å². The van der Waals surface area contributed by atoms with Crippen molar-refractivity contribution in [3.8, 4) is 11.6 Å². The topological polar surface area (TPSA) is 101 Å². The van der Waals surface area contributed by atoms with E-state index in [1.54, 1.807) is 36.4 Å². The second-order valence-electron chi connectivity index (χ2n) is 7.45. The maximum atomic E-state index is 12.7. The van der Waals surface area contributed by atoms with Crippen LogP contribution in [0.1, 0.15) is 32.1 Å². The Bertz CT molecular complexity index is 956. The molecule has 0 radical (unpaired) electrons. The number of amides is 4. The number of anilines is 1. The Morgan fingerprint density at radius 1 is 1.13 bits per heavy atom. The van der Waals surface area contributed by atoms with Crippen LogP contribution in [0.25, 0.3) is 0 Å². The van der Waals surface area contributed by atoms with Gasteiger partial charge in [-0.05, 0) is 43.2 Å². The number of hydrogen-bond donors (Lipinski definition) is 2. The summed E-state index contributed by atoms with van der Waals surface area (Å²) in [6, 6.07) is 9.58. The minimum absolute atomic E-state index is 0.313. The maximum Gasteiger partial charge on any atom is 0.325 e. The molecule has 2 fully saturated rings. The number of imide groups is 1. The molecule has 1 aromatic carbocycles. The standard InChI is InChI=1S/C21H21ClN4O4/c22-14-4-7-16(8-5-14)30-18-9-6-15(12-23-18)24-17(27)13-26-19(28)21(25-20(26)29)10-2-1-3-11-21/h4-9,12H,1-3,10-11,13H2,(H,24,27)(H,25,29). The fourth-order valence-corrected chi connectivity index (χ4v) is 3.92. The summed E-state index contributed by atoms with van der Waals surface area (Å²) in [5.74, 6) is 0.147. The number of halogens is 1. The molecule has 0 atom stereocenters. The third kappa shape index (κ3) is 4.23. The van der Waals surface area contributed by atoms with E-state index in [1.165, 1.54) is 6.20 Å². The molecule has 1 saturated heterocycles.